The highest BCUT2D eigenvalue weighted by molar-refractivity contribution is 7.96. The normalized spacial score (nSPS) is 22.0. The lowest BCUT2D eigenvalue weighted by molar-refractivity contribution is 0.510. The van der Waals surface area contributed by atoms with Crippen molar-refractivity contribution in [1.29, 1.82) is 0 Å². The van der Waals surface area contributed by atoms with Crippen molar-refractivity contribution in [3.8, 4) is 0 Å². The van der Waals surface area contributed by atoms with E-state index in [0.717, 1.165) is 6.07 Å². The van der Waals surface area contributed by atoms with Gasteiger partial charge >= 0.3 is 0 Å². The van der Waals surface area contributed by atoms with Crippen LogP contribution < -0.4 is 5.32 Å². The topological polar surface area (TPSA) is 80.3 Å². The molecule has 1 fully saturated rings. The zero-order valence-corrected chi connectivity index (χ0v) is 16.2. The summed E-state index contributed by atoms with van der Waals surface area (Å²) in [6.07, 6.45) is 0. The van der Waals surface area contributed by atoms with Crippen LogP contribution in [-0.4, -0.2) is 39.6 Å². The maximum absolute atomic E-state index is 14.1. The van der Waals surface area contributed by atoms with Crippen molar-refractivity contribution in [2.75, 3.05) is 11.5 Å². The molecule has 146 valence electrons. The van der Waals surface area contributed by atoms with E-state index in [2.05, 4.69) is 5.32 Å². The highest BCUT2D eigenvalue weighted by Crippen LogP contribution is 2.28. The molecule has 0 bridgehead atoms. The fourth-order valence-corrected chi connectivity index (χ4v) is 8.05. The van der Waals surface area contributed by atoms with E-state index in [1.165, 1.54) is 30.3 Å². The smallest absolute Gasteiger partial charge is 0.186 e. The molecule has 0 aromatic heterocycles. The van der Waals surface area contributed by atoms with E-state index in [4.69, 9.17) is 0 Å². The molecular formula is C18H19F2NO4S2. The van der Waals surface area contributed by atoms with Crippen LogP contribution in [0.4, 0.5) is 8.78 Å². The van der Waals surface area contributed by atoms with Gasteiger partial charge in [-0.05, 0) is 30.7 Å². The van der Waals surface area contributed by atoms with Crippen molar-refractivity contribution in [2.24, 2.45) is 0 Å². The number of nitrogens with one attached hydrogen (secondary N) is 1. The molecule has 1 saturated heterocycles. The van der Waals surface area contributed by atoms with Gasteiger partial charge in [0.2, 0.25) is 0 Å². The number of hydrogen-bond acceptors (Lipinski definition) is 5. The first kappa shape index (κ1) is 19.9. The highest BCUT2D eigenvalue weighted by atomic mass is 32.2. The standard InChI is InChI=1S/C18H19F2NO4S2/c1-12-6-7-15(20)17(8-12)27(24,25)18-11-26(22,23)10-16(18)21-9-13-4-2-3-5-14(13)19/h2-8,16,18,21H,9-11H2,1H3/t16-,18-/m0/s1. The van der Waals surface area contributed by atoms with Gasteiger partial charge in [0.05, 0.1) is 16.8 Å². The zero-order chi connectivity index (χ0) is 19.8. The molecule has 0 aliphatic carbocycles. The fourth-order valence-electron chi connectivity index (χ4n) is 3.19. The average Bonchev–Trinajstić information content (AvgIpc) is 2.92. The summed E-state index contributed by atoms with van der Waals surface area (Å²) in [4.78, 5) is -0.512. The summed E-state index contributed by atoms with van der Waals surface area (Å²) in [5.41, 5.74) is 0.839. The second-order valence-corrected chi connectivity index (χ2v) is 11.0. The van der Waals surface area contributed by atoms with Crippen LogP contribution in [0, 0.1) is 18.6 Å². The van der Waals surface area contributed by atoms with Gasteiger partial charge in [-0.3, -0.25) is 0 Å². The van der Waals surface area contributed by atoms with Gasteiger partial charge in [-0.15, -0.1) is 0 Å². The van der Waals surface area contributed by atoms with Crippen molar-refractivity contribution in [3.63, 3.8) is 0 Å². The molecule has 2 aromatic rings. The Labute approximate surface area is 157 Å². The van der Waals surface area contributed by atoms with Gasteiger partial charge in [0, 0.05) is 18.2 Å². The molecule has 0 radical (unpaired) electrons. The molecule has 0 amide bonds. The Kier molecular flexibility index (Phi) is 5.38. The minimum atomic E-state index is -4.24. The molecule has 1 heterocycles. The van der Waals surface area contributed by atoms with E-state index in [-0.39, 0.29) is 6.54 Å². The number of halogens is 2. The molecule has 1 aliphatic rings. The maximum Gasteiger partial charge on any atom is 0.186 e. The lowest BCUT2D eigenvalue weighted by Crippen LogP contribution is -2.43. The van der Waals surface area contributed by atoms with Crippen LogP contribution in [0.5, 0.6) is 0 Å². The maximum atomic E-state index is 14.1. The third-order valence-electron chi connectivity index (χ3n) is 4.60. The lowest BCUT2D eigenvalue weighted by atomic mass is 10.2. The fraction of sp³-hybridized carbons (Fsp3) is 0.333. The van der Waals surface area contributed by atoms with Crippen LogP contribution in [0.2, 0.25) is 0 Å². The second-order valence-electron chi connectivity index (χ2n) is 6.67. The summed E-state index contributed by atoms with van der Waals surface area (Å²) in [5, 5.41) is 1.49. The van der Waals surface area contributed by atoms with Gasteiger partial charge < -0.3 is 5.32 Å². The number of rotatable bonds is 5. The van der Waals surface area contributed by atoms with Crippen molar-refractivity contribution in [2.45, 2.75) is 29.7 Å². The van der Waals surface area contributed by atoms with E-state index < -0.39 is 59.0 Å². The van der Waals surface area contributed by atoms with Crippen molar-refractivity contribution < 1.29 is 25.6 Å². The van der Waals surface area contributed by atoms with Crippen LogP contribution in [-0.2, 0) is 26.2 Å². The lowest BCUT2D eigenvalue weighted by Gasteiger charge is -2.20. The summed E-state index contributed by atoms with van der Waals surface area (Å²) in [6, 6.07) is 8.66. The van der Waals surface area contributed by atoms with E-state index >= 15 is 0 Å². The third kappa shape index (κ3) is 4.20. The minimum absolute atomic E-state index is 0.0326. The summed E-state index contributed by atoms with van der Waals surface area (Å²) >= 11 is 0. The first-order valence-corrected chi connectivity index (χ1v) is 11.6. The van der Waals surface area contributed by atoms with Crippen molar-refractivity contribution >= 4 is 19.7 Å². The molecule has 1 aliphatic heterocycles. The quantitative estimate of drug-likeness (QED) is 0.808. The molecule has 0 spiro atoms. The minimum Gasteiger partial charge on any atom is -0.307 e. The summed E-state index contributed by atoms with van der Waals surface area (Å²) in [6.45, 7) is 1.59. The predicted octanol–water partition coefficient (Wildman–Crippen LogP) is 2.00. The molecule has 1 N–H and O–H groups in total. The number of hydrogen-bond donors (Lipinski definition) is 1. The molecule has 3 rings (SSSR count). The number of sulfone groups is 2. The van der Waals surface area contributed by atoms with Crippen molar-refractivity contribution in [1.82, 2.24) is 5.32 Å². The van der Waals surface area contributed by atoms with Crippen LogP contribution >= 0.6 is 0 Å². The van der Waals surface area contributed by atoms with Crippen LogP contribution in [0.1, 0.15) is 11.1 Å². The largest absolute Gasteiger partial charge is 0.307 e. The molecule has 5 nitrogen and oxygen atoms in total. The Morgan fingerprint density at radius 2 is 1.78 bits per heavy atom. The number of aryl methyl sites for hydroxylation is 1. The van der Waals surface area contributed by atoms with Gasteiger partial charge in [-0.2, -0.15) is 0 Å². The van der Waals surface area contributed by atoms with Gasteiger partial charge in [0.1, 0.15) is 16.5 Å². The molecule has 2 aromatic carbocycles. The van der Waals surface area contributed by atoms with E-state index in [0.29, 0.717) is 11.1 Å². The van der Waals surface area contributed by atoms with E-state index in [9.17, 15) is 25.6 Å². The zero-order valence-electron chi connectivity index (χ0n) is 14.5. The monoisotopic (exact) mass is 415 g/mol. The van der Waals surface area contributed by atoms with Crippen LogP contribution in [0.3, 0.4) is 0 Å². The third-order valence-corrected chi connectivity index (χ3v) is 8.77. The SMILES string of the molecule is Cc1ccc(F)c(S(=O)(=O)[C@H]2CS(=O)(=O)C[C@@H]2NCc2ccccc2F)c1. The summed E-state index contributed by atoms with van der Waals surface area (Å²) in [5.74, 6) is -2.40. The average molecular weight is 415 g/mol. The molecular weight excluding hydrogens is 396 g/mol. The summed E-state index contributed by atoms with van der Waals surface area (Å²) < 4.78 is 78.0. The Bertz CT molecular complexity index is 1070. The van der Waals surface area contributed by atoms with Crippen LogP contribution in [0.15, 0.2) is 47.4 Å². The molecule has 2 atom stereocenters. The first-order chi connectivity index (χ1) is 12.6. The molecule has 0 saturated carbocycles. The predicted molar refractivity (Wildman–Crippen MR) is 97.8 cm³/mol. The van der Waals surface area contributed by atoms with Gasteiger partial charge in [-0.1, -0.05) is 24.3 Å². The molecule has 27 heavy (non-hydrogen) atoms. The van der Waals surface area contributed by atoms with Gasteiger partial charge in [-0.25, -0.2) is 25.6 Å². The van der Waals surface area contributed by atoms with Crippen LogP contribution in [0.25, 0.3) is 0 Å². The molecule has 9 heteroatoms. The van der Waals surface area contributed by atoms with E-state index in [1.807, 2.05) is 0 Å². The number of benzene rings is 2. The first-order valence-electron chi connectivity index (χ1n) is 8.27. The summed E-state index contributed by atoms with van der Waals surface area (Å²) in [7, 11) is -7.87. The molecule has 0 unspecified atom stereocenters. The Morgan fingerprint density at radius 3 is 2.48 bits per heavy atom. The highest BCUT2D eigenvalue weighted by Gasteiger charge is 2.46. The van der Waals surface area contributed by atoms with Gasteiger partial charge in [0.25, 0.3) is 0 Å². The Balaban J connectivity index is 1.92. The second kappa shape index (κ2) is 7.29. The Morgan fingerprint density at radius 1 is 1.07 bits per heavy atom. The van der Waals surface area contributed by atoms with Crippen molar-refractivity contribution in [3.05, 3.63) is 65.2 Å². The van der Waals surface area contributed by atoms with E-state index in [1.54, 1.807) is 13.0 Å². The van der Waals surface area contributed by atoms with Gasteiger partial charge in [0.15, 0.2) is 19.7 Å². The Hall–Kier alpha value is -1.84.